The minimum absolute atomic E-state index is 0.116. The summed E-state index contributed by atoms with van der Waals surface area (Å²) in [7, 11) is 0. The predicted octanol–water partition coefficient (Wildman–Crippen LogP) is 6.79. The Balaban J connectivity index is 1.60. The van der Waals surface area contributed by atoms with E-state index in [4.69, 9.17) is 4.74 Å². The van der Waals surface area contributed by atoms with Crippen LogP contribution in [0.4, 0.5) is 4.39 Å². The Morgan fingerprint density at radius 1 is 1.00 bits per heavy atom. The average Bonchev–Trinajstić information content (AvgIpc) is 3.44. The molecule has 4 rings (SSSR count). The van der Waals surface area contributed by atoms with Gasteiger partial charge >= 0.3 is 0 Å². The zero-order valence-electron chi connectivity index (χ0n) is 22.5. The first-order chi connectivity index (χ1) is 18.8. The minimum Gasteiger partial charge on any atom is -0.483 e. The number of hydrogen-bond donors (Lipinski definition) is 1. The number of ether oxygens (including phenoxy) is 1. The summed E-state index contributed by atoms with van der Waals surface area (Å²) in [6.07, 6.45) is 4.42. The maximum atomic E-state index is 13.8. The van der Waals surface area contributed by atoms with E-state index in [1.807, 2.05) is 48.5 Å². The molecule has 0 unspecified atom stereocenters. The molecule has 1 N–H and O–H groups in total. The summed E-state index contributed by atoms with van der Waals surface area (Å²) in [5.41, 5.74) is 2.85. The lowest BCUT2D eigenvalue weighted by Gasteiger charge is -2.32. The van der Waals surface area contributed by atoms with Crippen LogP contribution in [0.15, 0.2) is 77.3 Å². The van der Waals surface area contributed by atoms with Crippen molar-refractivity contribution < 1.29 is 18.7 Å². The van der Waals surface area contributed by atoms with Crippen molar-refractivity contribution in [3.05, 3.63) is 99.8 Å². The van der Waals surface area contributed by atoms with Crippen LogP contribution in [0.5, 0.6) is 5.75 Å². The van der Waals surface area contributed by atoms with Crippen LogP contribution in [0, 0.1) is 5.82 Å². The lowest BCUT2D eigenvalue weighted by atomic mass is 10.0. The molecule has 1 saturated carbocycles. The Bertz CT molecular complexity index is 1240. The van der Waals surface area contributed by atoms with Gasteiger partial charge in [0.25, 0.3) is 5.91 Å². The fraction of sp³-hybridized carbons (Fsp3) is 0.375. The van der Waals surface area contributed by atoms with Gasteiger partial charge < -0.3 is 15.0 Å². The van der Waals surface area contributed by atoms with E-state index >= 15 is 0 Å². The van der Waals surface area contributed by atoms with E-state index in [0.29, 0.717) is 18.1 Å². The molecular formula is C32H36BrFN2O3. The number of rotatable bonds is 11. The lowest BCUT2D eigenvalue weighted by molar-refractivity contribution is -0.143. The maximum absolute atomic E-state index is 13.8. The fourth-order valence-corrected chi connectivity index (χ4v) is 5.43. The third-order valence-electron chi connectivity index (χ3n) is 7.21. The number of amides is 2. The molecule has 2 amide bonds. The van der Waals surface area contributed by atoms with Gasteiger partial charge in [0.05, 0.1) is 4.47 Å². The Morgan fingerprint density at radius 2 is 1.69 bits per heavy atom. The smallest absolute Gasteiger partial charge is 0.261 e. The normalized spacial score (nSPS) is 14.3. The second-order valence-electron chi connectivity index (χ2n) is 10.5. The van der Waals surface area contributed by atoms with Gasteiger partial charge in [-0.15, -0.1) is 0 Å². The number of benzene rings is 3. The van der Waals surface area contributed by atoms with E-state index in [1.54, 1.807) is 17.0 Å². The molecular weight excluding hydrogens is 559 g/mol. The number of halogens is 2. The van der Waals surface area contributed by atoms with Crippen molar-refractivity contribution in [2.45, 2.75) is 70.5 Å². The van der Waals surface area contributed by atoms with Crippen LogP contribution in [0.1, 0.15) is 62.1 Å². The molecule has 3 aromatic rings. The topological polar surface area (TPSA) is 58.6 Å². The summed E-state index contributed by atoms with van der Waals surface area (Å²) < 4.78 is 20.4. The van der Waals surface area contributed by atoms with E-state index < -0.39 is 6.04 Å². The van der Waals surface area contributed by atoms with E-state index in [2.05, 4.69) is 35.1 Å². The number of carbonyl (C=O) groups is 2. The third-order valence-corrected chi connectivity index (χ3v) is 7.83. The van der Waals surface area contributed by atoms with Gasteiger partial charge in [0.2, 0.25) is 5.91 Å². The van der Waals surface area contributed by atoms with Crippen molar-refractivity contribution in [2.24, 2.45) is 0 Å². The van der Waals surface area contributed by atoms with Gasteiger partial charge in [-0.25, -0.2) is 4.39 Å². The van der Waals surface area contributed by atoms with Gasteiger partial charge in [0.1, 0.15) is 17.6 Å². The highest BCUT2D eigenvalue weighted by molar-refractivity contribution is 9.10. The molecule has 0 aromatic heterocycles. The second kappa shape index (κ2) is 13.7. The molecule has 206 valence electrons. The molecule has 0 spiro atoms. The van der Waals surface area contributed by atoms with Gasteiger partial charge in [-0.3, -0.25) is 9.59 Å². The van der Waals surface area contributed by atoms with Gasteiger partial charge in [-0.2, -0.15) is 0 Å². The molecule has 3 aromatic carbocycles. The average molecular weight is 596 g/mol. The lowest BCUT2D eigenvalue weighted by Crippen LogP contribution is -2.53. The van der Waals surface area contributed by atoms with Crippen molar-refractivity contribution in [2.75, 3.05) is 6.61 Å². The van der Waals surface area contributed by atoms with Crippen LogP contribution in [0.3, 0.4) is 0 Å². The van der Waals surface area contributed by atoms with Crippen molar-refractivity contribution in [3.63, 3.8) is 0 Å². The molecule has 1 aliphatic rings. The molecule has 1 aliphatic carbocycles. The monoisotopic (exact) mass is 594 g/mol. The summed E-state index contributed by atoms with van der Waals surface area (Å²) in [6.45, 7) is 4.15. The second-order valence-corrected chi connectivity index (χ2v) is 11.3. The Labute approximate surface area is 238 Å². The van der Waals surface area contributed by atoms with E-state index in [0.717, 1.165) is 46.8 Å². The van der Waals surface area contributed by atoms with Crippen molar-refractivity contribution in [3.8, 4) is 5.75 Å². The van der Waals surface area contributed by atoms with Gasteiger partial charge in [0, 0.05) is 19.0 Å². The zero-order chi connectivity index (χ0) is 27.8. The molecule has 5 nitrogen and oxygen atoms in total. The van der Waals surface area contributed by atoms with Crippen LogP contribution >= 0.6 is 15.9 Å². The van der Waals surface area contributed by atoms with E-state index in [1.165, 1.54) is 12.1 Å². The van der Waals surface area contributed by atoms with Gasteiger partial charge in [-0.1, -0.05) is 75.2 Å². The fourth-order valence-electron chi connectivity index (χ4n) is 4.92. The molecule has 1 fully saturated rings. The van der Waals surface area contributed by atoms with Crippen LogP contribution in [0.2, 0.25) is 0 Å². The molecule has 1 atom stereocenters. The van der Waals surface area contributed by atoms with Crippen LogP contribution < -0.4 is 10.1 Å². The van der Waals surface area contributed by atoms with Crippen molar-refractivity contribution in [1.29, 1.82) is 0 Å². The number of hydrogen-bond acceptors (Lipinski definition) is 3. The Morgan fingerprint density at radius 3 is 2.33 bits per heavy atom. The largest absolute Gasteiger partial charge is 0.483 e. The molecule has 7 heteroatoms. The van der Waals surface area contributed by atoms with Gasteiger partial charge in [-0.05, 0) is 75.6 Å². The van der Waals surface area contributed by atoms with Gasteiger partial charge in [0.15, 0.2) is 6.61 Å². The number of nitrogens with one attached hydrogen (secondary N) is 1. The third kappa shape index (κ3) is 8.15. The van der Waals surface area contributed by atoms with Crippen LogP contribution in [-0.4, -0.2) is 35.4 Å². The molecule has 0 heterocycles. The maximum Gasteiger partial charge on any atom is 0.261 e. The first-order valence-corrected chi connectivity index (χ1v) is 14.4. The Kier molecular flexibility index (Phi) is 10.2. The molecule has 0 bridgehead atoms. The van der Waals surface area contributed by atoms with Crippen molar-refractivity contribution in [1.82, 2.24) is 10.2 Å². The first kappa shape index (κ1) is 28.8. The summed E-state index contributed by atoms with van der Waals surface area (Å²) in [5, 5.41) is 3.19. The zero-order valence-corrected chi connectivity index (χ0v) is 24.1. The highest BCUT2D eigenvalue weighted by Crippen LogP contribution is 2.29. The quantitative estimate of drug-likeness (QED) is 0.266. The molecule has 0 saturated heterocycles. The first-order valence-electron chi connectivity index (χ1n) is 13.6. The van der Waals surface area contributed by atoms with E-state index in [9.17, 15) is 14.0 Å². The summed E-state index contributed by atoms with van der Waals surface area (Å²) in [4.78, 5) is 29.1. The molecule has 39 heavy (non-hydrogen) atoms. The number of carbonyl (C=O) groups excluding carboxylic acids is 2. The predicted molar refractivity (Wildman–Crippen MR) is 155 cm³/mol. The molecule has 0 radical (unpaired) electrons. The Hall–Kier alpha value is -3.19. The SMILES string of the molecule is CC(C)c1ccc(OCC(=O)N(Cc2ccc(F)cc2)[C@H](Cc2ccccc2)C(=O)NC2CCCC2)c(Br)c1. The summed E-state index contributed by atoms with van der Waals surface area (Å²) in [5.74, 6) is 0.0737. The number of nitrogens with zero attached hydrogens (tertiary/aromatic N) is 1. The standard InChI is InChI=1S/C32H36BrFN2O3/c1-22(2)25-14-17-30(28(33)19-25)39-21-31(37)36(20-24-12-15-26(34)16-13-24)29(18-23-8-4-3-5-9-23)32(38)35-27-10-6-7-11-27/h3-5,8-9,12-17,19,22,27,29H,6-7,10-11,18,20-21H2,1-2H3,(H,35,38)/t29-/m1/s1. The highest BCUT2D eigenvalue weighted by atomic mass is 79.9. The summed E-state index contributed by atoms with van der Waals surface area (Å²) in [6, 6.07) is 20.9. The van der Waals surface area contributed by atoms with Crippen molar-refractivity contribution >= 4 is 27.7 Å². The highest BCUT2D eigenvalue weighted by Gasteiger charge is 2.32. The van der Waals surface area contributed by atoms with E-state index in [-0.39, 0.29) is 36.8 Å². The summed E-state index contributed by atoms with van der Waals surface area (Å²) >= 11 is 3.56. The minimum atomic E-state index is -0.749. The van der Waals surface area contributed by atoms with Crippen LogP contribution in [0.25, 0.3) is 0 Å². The van der Waals surface area contributed by atoms with Crippen LogP contribution in [-0.2, 0) is 22.6 Å². The molecule has 0 aliphatic heterocycles.